The summed E-state index contributed by atoms with van der Waals surface area (Å²) in [5.41, 5.74) is 7.34. The Morgan fingerprint density at radius 2 is 2.11 bits per heavy atom. The molecule has 0 aromatic heterocycles. The fourth-order valence-electron chi connectivity index (χ4n) is 2.43. The Morgan fingerprint density at radius 3 is 2.74 bits per heavy atom. The van der Waals surface area contributed by atoms with Crippen molar-refractivity contribution in [1.82, 2.24) is 5.32 Å². The Balaban J connectivity index is 1.86. The fraction of sp³-hybridized carbons (Fsp3) is 0.500. The first-order valence-electron chi connectivity index (χ1n) is 6.62. The number of nitrogens with one attached hydrogen (secondary N) is 2. The second-order valence-electron chi connectivity index (χ2n) is 4.81. The minimum absolute atomic E-state index is 0.105. The number of carbonyl (C=O) groups excluding carboxylic acids is 1. The third kappa shape index (κ3) is 3.68. The Bertz CT molecular complexity index is 419. The molecule has 2 unspecified atom stereocenters. The lowest BCUT2D eigenvalue weighted by Gasteiger charge is -2.19. The minimum Gasteiger partial charge on any atom is -0.379 e. The van der Waals surface area contributed by atoms with Gasteiger partial charge in [0.25, 0.3) is 0 Å². The monoisotopic (exact) mass is 263 g/mol. The summed E-state index contributed by atoms with van der Waals surface area (Å²) in [6.45, 7) is 0.504. The third-order valence-electron chi connectivity index (χ3n) is 3.52. The van der Waals surface area contributed by atoms with Crippen LogP contribution in [0.4, 0.5) is 10.5 Å². The van der Waals surface area contributed by atoms with E-state index >= 15 is 0 Å². The van der Waals surface area contributed by atoms with Crippen LogP contribution in [0.2, 0.25) is 0 Å². The number of benzene rings is 1. The van der Waals surface area contributed by atoms with Crippen molar-refractivity contribution in [3.63, 3.8) is 0 Å². The molecule has 0 bridgehead atoms. The van der Waals surface area contributed by atoms with Gasteiger partial charge in [-0.3, -0.25) is 0 Å². The first kappa shape index (κ1) is 13.8. The van der Waals surface area contributed by atoms with Crippen LogP contribution < -0.4 is 16.4 Å². The lowest BCUT2D eigenvalue weighted by Crippen LogP contribution is -2.42. The van der Waals surface area contributed by atoms with Gasteiger partial charge in [-0.1, -0.05) is 12.1 Å². The summed E-state index contributed by atoms with van der Waals surface area (Å²) in [5.74, 6) is 0. The van der Waals surface area contributed by atoms with E-state index in [4.69, 9.17) is 10.5 Å². The summed E-state index contributed by atoms with van der Waals surface area (Å²) in [6, 6.07) is 7.43. The predicted octanol–water partition coefficient (Wildman–Crippen LogP) is 1.83. The van der Waals surface area contributed by atoms with Gasteiger partial charge < -0.3 is 21.1 Å². The lowest BCUT2D eigenvalue weighted by molar-refractivity contribution is 0.0882. The number of rotatable bonds is 4. The molecule has 2 amide bonds. The maximum atomic E-state index is 11.9. The van der Waals surface area contributed by atoms with E-state index in [1.807, 2.05) is 24.3 Å². The zero-order valence-corrected chi connectivity index (χ0v) is 11.2. The Kier molecular flexibility index (Phi) is 4.76. The number of amides is 2. The van der Waals surface area contributed by atoms with E-state index < -0.39 is 0 Å². The van der Waals surface area contributed by atoms with Gasteiger partial charge in [0.15, 0.2) is 0 Å². The molecule has 2 rings (SSSR count). The Labute approximate surface area is 113 Å². The predicted molar refractivity (Wildman–Crippen MR) is 74.9 cm³/mol. The molecule has 1 aliphatic carbocycles. The molecular formula is C14H21N3O2. The average Bonchev–Trinajstić information content (AvgIpc) is 2.86. The van der Waals surface area contributed by atoms with Crippen molar-refractivity contribution >= 4 is 11.7 Å². The molecule has 5 nitrogen and oxygen atoms in total. The van der Waals surface area contributed by atoms with Gasteiger partial charge in [-0.25, -0.2) is 4.79 Å². The molecular weight excluding hydrogens is 242 g/mol. The number of nitrogens with two attached hydrogens (primary N) is 1. The van der Waals surface area contributed by atoms with E-state index in [1.165, 1.54) is 0 Å². The highest BCUT2D eigenvalue weighted by molar-refractivity contribution is 5.89. The molecule has 1 aromatic carbocycles. The molecule has 1 fully saturated rings. The molecule has 19 heavy (non-hydrogen) atoms. The smallest absolute Gasteiger partial charge is 0.319 e. The maximum Gasteiger partial charge on any atom is 0.319 e. The lowest BCUT2D eigenvalue weighted by atomic mass is 10.2. The van der Waals surface area contributed by atoms with Crippen molar-refractivity contribution in [3.8, 4) is 0 Å². The number of anilines is 1. The van der Waals surface area contributed by atoms with E-state index in [2.05, 4.69) is 10.6 Å². The number of hydrogen-bond donors (Lipinski definition) is 3. The summed E-state index contributed by atoms with van der Waals surface area (Å²) in [6.07, 6.45) is 3.20. The molecule has 5 heteroatoms. The number of methoxy groups -OCH3 is 1. The van der Waals surface area contributed by atoms with Gasteiger partial charge in [-0.2, -0.15) is 0 Å². The second kappa shape index (κ2) is 6.54. The van der Waals surface area contributed by atoms with E-state index in [0.29, 0.717) is 6.54 Å². The highest BCUT2D eigenvalue weighted by Crippen LogP contribution is 2.21. The summed E-state index contributed by atoms with van der Waals surface area (Å²) in [4.78, 5) is 11.9. The van der Waals surface area contributed by atoms with Crippen LogP contribution in [0, 0.1) is 0 Å². The van der Waals surface area contributed by atoms with Crippen LogP contribution in [0.1, 0.15) is 24.8 Å². The van der Waals surface area contributed by atoms with E-state index in [9.17, 15) is 4.79 Å². The van der Waals surface area contributed by atoms with Crippen LogP contribution in [0.5, 0.6) is 0 Å². The van der Waals surface area contributed by atoms with Crippen molar-refractivity contribution in [1.29, 1.82) is 0 Å². The molecule has 104 valence electrons. The normalized spacial score (nSPS) is 22.2. The first-order valence-corrected chi connectivity index (χ1v) is 6.62. The zero-order chi connectivity index (χ0) is 13.7. The van der Waals surface area contributed by atoms with Gasteiger partial charge in [0, 0.05) is 19.3 Å². The maximum absolute atomic E-state index is 11.9. The number of hydrogen-bond acceptors (Lipinski definition) is 3. The van der Waals surface area contributed by atoms with Crippen LogP contribution in [-0.4, -0.2) is 25.3 Å². The van der Waals surface area contributed by atoms with Gasteiger partial charge in [-0.15, -0.1) is 0 Å². The van der Waals surface area contributed by atoms with Crippen LogP contribution in [0.15, 0.2) is 24.3 Å². The van der Waals surface area contributed by atoms with Crippen molar-refractivity contribution in [2.45, 2.75) is 38.0 Å². The second-order valence-corrected chi connectivity index (χ2v) is 4.81. The zero-order valence-electron chi connectivity index (χ0n) is 11.2. The van der Waals surface area contributed by atoms with Crippen LogP contribution in [0.25, 0.3) is 0 Å². The third-order valence-corrected chi connectivity index (χ3v) is 3.52. The highest BCUT2D eigenvalue weighted by atomic mass is 16.5. The number of ether oxygens (including phenoxy) is 1. The molecule has 0 spiro atoms. The summed E-state index contributed by atoms with van der Waals surface area (Å²) < 4.78 is 5.35. The number of carbonyl (C=O) groups is 1. The van der Waals surface area contributed by atoms with E-state index in [-0.39, 0.29) is 18.2 Å². The molecule has 1 aliphatic rings. The molecule has 1 aromatic rings. The summed E-state index contributed by atoms with van der Waals surface area (Å²) in [7, 11) is 1.69. The van der Waals surface area contributed by atoms with E-state index in [1.54, 1.807) is 7.11 Å². The molecule has 0 aliphatic heterocycles. The van der Waals surface area contributed by atoms with Gasteiger partial charge >= 0.3 is 6.03 Å². The van der Waals surface area contributed by atoms with Crippen LogP contribution >= 0.6 is 0 Å². The summed E-state index contributed by atoms with van der Waals surface area (Å²) in [5, 5.41) is 5.78. The average molecular weight is 263 g/mol. The standard InChI is InChI=1S/C14H21N3O2/c1-19-13-4-2-3-12(13)17-14(18)16-11-7-5-10(9-15)6-8-11/h5-8,12-13H,2-4,9,15H2,1H3,(H2,16,17,18). The van der Waals surface area contributed by atoms with Crippen LogP contribution in [0.3, 0.4) is 0 Å². The quantitative estimate of drug-likeness (QED) is 0.775. The molecule has 1 saturated carbocycles. The first-order chi connectivity index (χ1) is 9.22. The fourth-order valence-corrected chi connectivity index (χ4v) is 2.43. The SMILES string of the molecule is COC1CCCC1NC(=O)Nc1ccc(CN)cc1. The van der Waals surface area contributed by atoms with Crippen LogP contribution in [-0.2, 0) is 11.3 Å². The molecule has 0 radical (unpaired) electrons. The van der Waals surface area contributed by atoms with E-state index in [0.717, 1.165) is 30.5 Å². The van der Waals surface area contributed by atoms with Crippen molar-refractivity contribution in [2.75, 3.05) is 12.4 Å². The van der Waals surface area contributed by atoms with Crippen molar-refractivity contribution in [2.24, 2.45) is 5.73 Å². The molecule has 2 atom stereocenters. The summed E-state index contributed by atoms with van der Waals surface area (Å²) >= 11 is 0. The molecule has 0 heterocycles. The van der Waals surface area contributed by atoms with Gasteiger partial charge in [0.2, 0.25) is 0 Å². The van der Waals surface area contributed by atoms with Gasteiger partial charge in [0.05, 0.1) is 12.1 Å². The minimum atomic E-state index is -0.186. The topological polar surface area (TPSA) is 76.4 Å². The van der Waals surface area contributed by atoms with Gasteiger partial charge in [-0.05, 0) is 37.0 Å². The Morgan fingerprint density at radius 1 is 1.37 bits per heavy atom. The molecule has 4 N–H and O–H groups in total. The van der Waals surface area contributed by atoms with Crippen molar-refractivity contribution in [3.05, 3.63) is 29.8 Å². The highest BCUT2D eigenvalue weighted by Gasteiger charge is 2.28. The van der Waals surface area contributed by atoms with Gasteiger partial charge in [0.1, 0.15) is 0 Å². The Hall–Kier alpha value is -1.59. The largest absolute Gasteiger partial charge is 0.379 e. The number of urea groups is 1. The van der Waals surface area contributed by atoms with Crippen molar-refractivity contribution < 1.29 is 9.53 Å². The molecule has 0 saturated heterocycles.